The maximum Gasteiger partial charge on any atom is 0.344 e. The summed E-state index contributed by atoms with van der Waals surface area (Å²) in [5.41, 5.74) is 1.57. The van der Waals surface area contributed by atoms with E-state index in [-0.39, 0.29) is 19.8 Å². The van der Waals surface area contributed by atoms with Gasteiger partial charge in [-0.2, -0.15) is 0 Å². The van der Waals surface area contributed by atoms with Crippen molar-refractivity contribution in [3.63, 3.8) is 0 Å². The molecule has 3 rings (SSSR count). The summed E-state index contributed by atoms with van der Waals surface area (Å²) >= 11 is 3.41. The molecule has 7 heteroatoms. The number of benzene rings is 2. The Morgan fingerprint density at radius 1 is 1.04 bits per heavy atom. The van der Waals surface area contributed by atoms with Crippen molar-refractivity contribution >= 4 is 38.8 Å². The lowest BCUT2D eigenvalue weighted by atomic mass is 10.1. The molecule has 0 saturated carbocycles. The molecule has 0 radical (unpaired) electrons. The van der Waals surface area contributed by atoms with Crippen molar-refractivity contribution in [2.45, 2.75) is 13.8 Å². The largest absolute Gasteiger partial charge is 0.481 e. The highest BCUT2D eigenvalue weighted by Crippen LogP contribution is 2.39. The van der Waals surface area contributed by atoms with Gasteiger partial charge >= 0.3 is 11.9 Å². The van der Waals surface area contributed by atoms with Crippen molar-refractivity contribution in [2.24, 2.45) is 0 Å². The standard InChI is InChI=1S/C21H19BrO6/c1-3-25-18(23)12-27-17-10-14-16(11-15(17)22)28-20(13-8-6-5-7-9-13)19(14)21(24)26-4-2/h5-11H,3-4,12H2,1-2H3. The predicted molar refractivity (Wildman–Crippen MR) is 107 cm³/mol. The Balaban J connectivity index is 2.09. The molecule has 146 valence electrons. The molecule has 3 aromatic rings. The molecule has 0 N–H and O–H groups in total. The summed E-state index contributed by atoms with van der Waals surface area (Å²) in [5.74, 6) is -0.147. The van der Waals surface area contributed by atoms with E-state index in [4.69, 9.17) is 18.6 Å². The van der Waals surface area contributed by atoms with E-state index < -0.39 is 11.9 Å². The highest BCUT2D eigenvalue weighted by Gasteiger charge is 2.24. The third kappa shape index (κ3) is 4.20. The summed E-state index contributed by atoms with van der Waals surface area (Å²) in [6, 6.07) is 12.7. The van der Waals surface area contributed by atoms with E-state index in [0.717, 1.165) is 5.56 Å². The lowest BCUT2D eigenvalue weighted by Crippen LogP contribution is -2.14. The van der Waals surface area contributed by atoms with E-state index in [9.17, 15) is 9.59 Å². The number of carbonyl (C=O) groups excluding carboxylic acids is 2. The van der Waals surface area contributed by atoms with E-state index in [2.05, 4.69) is 15.9 Å². The zero-order valence-electron chi connectivity index (χ0n) is 15.5. The van der Waals surface area contributed by atoms with Crippen molar-refractivity contribution < 1.29 is 28.2 Å². The predicted octanol–water partition coefficient (Wildman–Crippen LogP) is 4.98. The van der Waals surface area contributed by atoms with E-state index in [0.29, 0.717) is 32.5 Å². The van der Waals surface area contributed by atoms with Crippen LogP contribution >= 0.6 is 15.9 Å². The number of rotatable bonds is 7. The van der Waals surface area contributed by atoms with Crippen LogP contribution in [0.2, 0.25) is 0 Å². The molecule has 0 spiro atoms. The molecule has 1 aromatic heterocycles. The second-order valence-corrected chi connectivity index (χ2v) is 6.62. The van der Waals surface area contributed by atoms with Crippen molar-refractivity contribution in [1.29, 1.82) is 0 Å². The van der Waals surface area contributed by atoms with Crippen LogP contribution in [0.1, 0.15) is 24.2 Å². The van der Waals surface area contributed by atoms with E-state index in [1.54, 1.807) is 26.0 Å². The second kappa shape index (κ2) is 8.93. The molecule has 0 unspecified atom stereocenters. The molecule has 2 aromatic carbocycles. The molecule has 0 aliphatic rings. The average Bonchev–Trinajstić information content (AvgIpc) is 3.05. The Kier molecular flexibility index (Phi) is 6.36. The molecule has 0 atom stereocenters. The lowest BCUT2D eigenvalue weighted by molar-refractivity contribution is -0.145. The SMILES string of the molecule is CCOC(=O)COc1cc2c(C(=O)OCC)c(-c3ccccc3)oc2cc1Br. The van der Waals surface area contributed by atoms with Gasteiger partial charge in [0.1, 0.15) is 22.7 Å². The average molecular weight is 447 g/mol. The van der Waals surface area contributed by atoms with E-state index in [1.165, 1.54) is 0 Å². The second-order valence-electron chi connectivity index (χ2n) is 5.77. The first kappa shape index (κ1) is 19.9. The van der Waals surface area contributed by atoms with Crippen molar-refractivity contribution in [3.8, 4) is 17.1 Å². The first-order valence-electron chi connectivity index (χ1n) is 8.82. The number of carbonyl (C=O) groups is 2. The molecule has 0 amide bonds. The summed E-state index contributed by atoms with van der Waals surface area (Å²) in [7, 11) is 0. The van der Waals surface area contributed by atoms with Gasteiger partial charge in [-0.3, -0.25) is 0 Å². The molecule has 1 heterocycles. The Bertz CT molecular complexity index is 993. The highest BCUT2D eigenvalue weighted by atomic mass is 79.9. The Labute approximate surface area is 170 Å². The number of halogens is 1. The summed E-state index contributed by atoms with van der Waals surface area (Å²) in [5, 5.41) is 0.541. The fourth-order valence-electron chi connectivity index (χ4n) is 2.75. The van der Waals surface area contributed by atoms with Gasteiger partial charge in [0.25, 0.3) is 0 Å². The summed E-state index contributed by atoms with van der Waals surface area (Å²) in [6.45, 7) is 3.74. The first-order chi connectivity index (χ1) is 13.5. The van der Waals surface area contributed by atoms with Crippen LogP contribution in [-0.2, 0) is 14.3 Å². The molecule has 0 aliphatic heterocycles. The maximum absolute atomic E-state index is 12.7. The van der Waals surface area contributed by atoms with Crippen LogP contribution in [0.15, 0.2) is 51.4 Å². The third-order valence-electron chi connectivity index (χ3n) is 3.91. The summed E-state index contributed by atoms with van der Waals surface area (Å²) in [4.78, 5) is 24.2. The minimum atomic E-state index is -0.487. The van der Waals surface area contributed by atoms with Crippen LogP contribution in [0, 0.1) is 0 Å². The van der Waals surface area contributed by atoms with Gasteiger partial charge in [0.2, 0.25) is 0 Å². The molecule has 0 saturated heterocycles. The van der Waals surface area contributed by atoms with E-state index >= 15 is 0 Å². The number of hydrogen-bond donors (Lipinski definition) is 0. The minimum absolute atomic E-state index is 0.239. The first-order valence-corrected chi connectivity index (χ1v) is 9.61. The van der Waals surface area contributed by atoms with Crippen molar-refractivity contribution in [1.82, 2.24) is 0 Å². The fraction of sp³-hybridized carbons (Fsp3) is 0.238. The normalized spacial score (nSPS) is 10.7. The Morgan fingerprint density at radius 2 is 1.75 bits per heavy atom. The number of furan rings is 1. The summed E-state index contributed by atoms with van der Waals surface area (Å²) in [6.07, 6.45) is 0. The molecule has 0 fully saturated rings. The van der Waals surface area contributed by atoms with Gasteiger partial charge in [0, 0.05) is 10.9 Å². The van der Waals surface area contributed by atoms with Crippen molar-refractivity contribution in [3.05, 3.63) is 52.5 Å². The molecular formula is C21H19BrO6. The van der Waals surface area contributed by atoms with Gasteiger partial charge < -0.3 is 18.6 Å². The zero-order chi connectivity index (χ0) is 20.1. The van der Waals surface area contributed by atoms with Gasteiger partial charge in [0.05, 0.1) is 17.7 Å². The van der Waals surface area contributed by atoms with Gasteiger partial charge in [-0.1, -0.05) is 30.3 Å². The van der Waals surface area contributed by atoms with Crippen molar-refractivity contribution in [2.75, 3.05) is 19.8 Å². The Morgan fingerprint density at radius 3 is 2.43 bits per heavy atom. The van der Waals surface area contributed by atoms with Crippen LogP contribution in [-0.4, -0.2) is 31.8 Å². The fourth-order valence-corrected chi connectivity index (χ4v) is 3.18. The lowest BCUT2D eigenvalue weighted by Gasteiger charge is -2.08. The zero-order valence-corrected chi connectivity index (χ0v) is 17.1. The van der Waals surface area contributed by atoms with Gasteiger partial charge in [0.15, 0.2) is 6.61 Å². The molecular weight excluding hydrogens is 428 g/mol. The van der Waals surface area contributed by atoms with Gasteiger partial charge in [-0.15, -0.1) is 0 Å². The monoisotopic (exact) mass is 446 g/mol. The van der Waals surface area contributed by atoms with Crippen LogP contribution < -0.4 is 4.74 Å². The van der Waals surface area contributed by atoms with Gasteiger partial charge in [-0.05, 0) is 41.9 Å². The smallest absolute Gasteiger partial charge is 0.344 e. The van der Waals surface area contributed by atoms with Crippen LogP contribution in [0.5, 0.6) is 5.75 Å². The number of fused-ring (bicyclic) bond motifs is 1. The molecule has 6 nitrogen and oxygen atoms in total. The topological polar surface area (TPSA) is 75.0 Å². The molecule has 28 heavy (non-hydrogen) atoms. The molecule has 0 aliphatic carbocycles. The number of hydrogen-bond acceptors (Lipinski definition) is 6. The highest BCUT2D eigenvalue weighted by molar-refractivity contribution is 9.10. The number of ether oxygens (including phenoxy) is 3. The van der Waals surface area contributed by atoms with Gasteiger partial charge in [-0.25, -0.2) is 9.59 Å². The van der Waals surface area contributed by atoms with E-state index in [1.807, 2.05) is 30.3 Å². The summed E-state index contributed by atoms with van der Waals surface area (Å²) < 4.78 is 22.2. The third-order valence-corrected chi connectivity index (χ3v) is 4.53. The minimum Gasteiger partial charge on any atom is -0.481 e. The number of esters is 2. The van der Waals surface area contributed by atoms with Crippen LogP contribution in [0.25, 0.3) is 22.3 Å². The quantitative estimate of drug-likeness (QED) is 0.476. The maximum atomic E-state index is 12.7. The molecule has 0 bridgehead atoms. The van der Waals surface area contributed by atoms with Crippen LogP contribution in [0.3, 0.4) is 0 Å². The van der Waals surface area contributed by atoms with Crippen LogP contribution in [0.4, 0.5) is 0 Å². The Hall–Kier alpha value is -2.80.